The lowest BCUT2D eigenvalue weighted by Gasteiger charge is -2.10. The second-order valence-corrected chi connectivity index (χ2v) is 5.14. The van der Waals surface area contributed by atoms with Gasteiger partial charge in [0.25, 0.3) is 0 Å². The average molecular weight is 288 g/mol. The van der Waals surface area contributed by atoms with E-state index in [-0.39, 0.29) is 0 Å². The van der Waals surface area contributed by atoms with E-state index >= 15 is 0 Å². The molecular formula is C12H11Cl2NOS. The van der Waals surface area contributed by atoms with E-state index in [1.807, 2.05) is 5.38 Å². The molecule has 0 fully saturated rings. The second kappa shape index (κ2) is 5.63. The third-order valence-corrected chi connectivity index (χ3v) is 3.53. The minimum Gasteiger partial charge on any atom is -0.490 e. The standard InChI is InChI=1S/C12H11Cl2NOS/c13-10-5-9(15)6-11(14)12(10)16-3-1-8-2-4-17-7-8/h2,4-7H,1,3,15H2. The highest BCUT2D eigenvalue weighted by molar-refractivity contribution is 7.07. The van der Waals surface area contributed by atoms with Crippen molar-refractivity contribution in [3.63, 3.8) is 0 Å². The molecule has 2 aromatic rings. The Balaban J connectivity index is 1.99. The van der Waals surface area contributed by atoms with E-state index in [0.29, 0.717) is 28.1 Å². The first kappa shape index (κ1) is 12.6. The number of anilines is 1. The number of thiophene rings is 1. The molecule has 0 aliphatic heterocycles. The highest BCUT2D eigenvalue weighted by Crippen LogP contribution is 2.35. The highest BCUT2D eigenvalue weighted by atomic mass is 35.5. The molecule has 1 aromatic carbocycles. The predicted octanol–water partition coefficient (Wildman–Crippen LogP) is 4.26. The number of hydrogen-bond donors (Lipinski definition) is 1. The van der Waals surface area contributed by atoms with E-state index in [4.69, 9.17) is 33.7 Å². The molecule has 5 heteroatoms. The number of halogens is 2. The minimum absolute atomic E-state index is 0.445. The van der Waals surface area contributed by atoms with Crippen molar-refractivity contribution in [2.45, 2.75) is 6.42 Å². The van der Waals surface area contributed by atoms with E-state index in [1.165, 1.54) is 5.56 Å². The summed E-state index contributed by atoms with van der Waals surface area (Å²) in [5.41, 5.74) is 7.39. The van der Waals surface area contributed by atoms with E-state index in [2.05, 4.69) is 11.4 Å². The number of rotatable bonds is 4. The molecule has 2 N–H and O–H groups in total. The van der Waals surface area contributed by atoms with Gasteiger partial charge in [-0.05, 0) is 34.5 Å². The fraction of sp³-hybridized carbons (Fsp3) is 0.167. The van der Waals surface area contributed by atoms with Gasteiger partial charge in [0.05, 0.1) is 16.7 Å². The zero-order valence-corrected chi connectivity index (χ0v) is 11.3. The molecule has 0 atom stereocenters. The Morgan fingerprint density at radius 3 is 2.53 bits per heavy atom. The lowest BCUT2D eigenvalue weighted by atomic mass is 10.2. The number of ether oxygens (including phenoxy) is 1. The molecule has 0 bridgehead atoms. The normalized spacial score (nSPS) is 10.5. The summed E-state index contributed by atoms with van der Waals surface area (Å²) in [7, 11) is 0. The van der Waals surface area contributed by atoms with Crippen LogP contribution in [-0.2, 0) is 6.42 Å². The first-order valence-electron chi connectivity index (χ1n) is 5.05. The van der Waals surface area contributed by atoms with Crippen LogP contribution >= 0.6 is 34.5 Å². The van der Waals surface area contributed by atoms with E-state index in [1.54, 1.807) is 23.5 Å². The van der Waals surface area contributed by atoms with Gasteiger partial charge in [0.1, 0.15) is 0 Å². The molecule has 0 saturated carbocycles. The van der Waals surface area contributed by atoms with Crippen LogP contribution in [0.25, 0.3) is 0 Å². The molecule has 0 radical (unpaired) electrons. The molecular weight excluding hydrogens is 277 g/mol. The summed E-state index contributed by atoms with van der Waals surface area (Å²) in [5.74, 6) is 0.498. The fourth-order valence-corrected chi connectivity index (χ4v) is 2.74. The van der Waals surface area contributed by atoms with Crippen LogP contribution in [0.3, 0.4) is 0 Å². The van der Waals surface area contributed by atoms with Crippen molar-refractivity contribution < 1.29 is 4.74 Å². The van der Waals surface area contributed by atoms with Gasteiger partial charge in [0, 0.05) is 12.1 Å². The monoisotopic (exact) mass is 287 g/mol. The molecule has 0 unspecified atom stereocenters. The molecule has 0 spiro atoms. The summed E-state index contributed by atoms with van der Waals surface area (Å²) in [5, 5.41) is 5.02. The first-order valence-corrected chi connectivity index (χ1v) is 6.75. The maximum atomic E-state index is 6.01. The third-order valence-electron chi connectivity index (χ3n) is 2.24. The molecule has 0 aliphatic carbocycles. The summed E-state index contributed by atoms with van der Waals surface area (Å²) in [6.45, 7) is 0.542. The van der Waals surface area contributed by atoms with Gasteiger partial charge in [-0.25, -0.2) is 0 Å². The topological polar surface area (TPSA) is 35.2 Å². The molecule has 2 nitrogen and oxygen atoms in total. The molecule has 90 valence electrons. The van der Waals surface area contributed by atoms with Crippen LogP contribution in [0.15, 0.2) is 29.0 Å². The van der Waals surface area contributed by atoms with Crippen molar-refractivity contribution >= 4 is 40.2 Å². The molecule has 0 saturated heterocycles. The molecule has 2 rings (SSSR count). The van der Waals surface area contributed by atoms with E-state index in [0.717, 1.165) is 6.42 Å². The van der Waals surface area contributed by atoms with Crippen molar-refractivity contribution in [2.75, 3.05) is 12.3 Å². The van der Waals surface area contributed by atoms with Crippen LogP contribution in [0.4, 0.5) is 5.69 Å². The van der Waals surface area contributed by atoms with E-state index < -0.39 is 0 Å². The van der Waals surface area contributed by atoms with Crippen LogP contribution in [0.5, 0.6) is 5.75 Å². The first-order chi connectivity index (χ1) is 8.16. The number of benzene rings is 1. The van der Waals surface area contributed by atoms with Gasteiger partial charge in [-0.2, -0.15) is 11.3 Å². The number of nitrogens with two attached hydrogens (primary N) is 1. The predicted molar refractivity (Wildman–Crippen MR) is 74.4 cm³/mol. The SMILES string of the molecule is Nc1cc(Cl)c(OCCc2ccsc2)c(Cl)c1. The van der Waals surface area contributed by atoms with Gasteiger partial charge in [-0.15, -0.1) is 0 Å². The Morgan fingerprint density at radius 1 is 1.24 bits per heavy atom. The maximum absolute atomic E-state index is 6.01. The summed E-state index contributed by atoms with van der Waals surface area (Å²) < 4.78 is 5.58. The Bertz CT molecular complexity index is 476. The van der Waals surface area contributed by atoms with Crippen molar-refractivity contribution in [1.82, 2.24) is 0 Å². The zero-order chi connectivity index (χ0) is 12.3. The Labute approximate surface area is 114 Å². The van der Waals surface area contributed by atoms with Crippen LogP contribution in [-0.4, -0.2) is 6.61 Å². The smallest absolute Gasteiger partial charge is 0.156 e. The van der Waals surface area contributed by atoms with Gasteiger partial charge in [0.2, 0.25) is 0 Å². The summed E-state index contributed by atoms with van der Waals surface area (Å²) >= 11 is 13.7. The number of hydrogen-bond acceptors (Lipinski definition) is 3. The largest absolute Gasteiger partial charge is 0.490 e. The summed E-state index contributed by atoms with van der Waals surface area (Å²) in [4.78, 5) is 0. The molecule has 0 aliphatic rings. The molecule has 17 heavy (non-hydrogen) atoms. The molecule has 1 aromatic heterocycles. The van der Waals surface area contributed by atoms with Crippen molar-refractivity contribution in [3.05, 3.63) is 44.6 Å². The van der Waals surface area contributed by atoms with Gasteiger partial charge in [-0.1, -0.05) is 23.2 Å². The average Bonchev–Trinajstić information content (AvgIpc) is 2.74. The lowest BCUT2D eigenvalue weighted by molar-refractivity contribution is 0.322. The van der Waals surface area contributed by atoms with Crippen LogP contribution < -0.4 is 10.5 Å². The minimum atomic E-state index is 0.445. The van der Waals surface area contributed by atoms with Crippen molar-refractivity contribution in [1.29, 1.82) is 0 Å². The molecule has 0 amide bonds. The quantitative estimate of drug-likeness (QED) is 0.853. The van der Waals surface area contributed by atoms with Crippen molar-refractivity contribution in [2.24, 2.45) is 0 Å². The van der Waals surface area contributed by atoms with Crippen LogP contribution in [0.1, 0.15) is 5.56 Å². The van der Waals surface area contributed by atoms with Gasteiger partial charge in [-0.3, -0.25) is 0 Å². The third kappa shape index (κ3) is 3.28. The van der Waals surface area contributed by atoms with Gasteiger partial charge < -0.3 is 10.5 Å². The van der Waals surface area contributed by atoms with Crippen LogP contribution in [0.2, 0.25) is 10.0 Å². The van der Waals surface area contributed by atoms with Crippen molar-refractivity contribution in [3.8, 4) is 5.75 Å². The Kier molecular flexibility index (Phi) is 4.15. The second-order valence-electron chi connectivity index (χ2n) is 3.54. The zero-order valence-electron chi connectivity index (χ0n) is 8.95. The van der Waals surface area contributed by atoms with Gasteiger partial charge >= 0.3 is 0 Å². The lowest BCUT2D eigenvalue weighted by Crippen LogP contribution is -2.02. The maximum Gasteiger partial charge on any atom is 0.156 e. The van der Waals surface area contributed by atoms with Gasteiger partial charge in [0.15, 0.2) is 5.75 Å². The van der Waals surface area contributed by atoms with E-state index in [9.17, 15) is 0 Å². The van der Waals surface area contributed by atoms with Crippen LogP contribution in [0, 0.1) is 0 Å². The Morgan fingerprint density at radius 2 is 1.94 bits per heavy atom. The Hall–Kier alpha value is -0.900. The highest BCUT2D eigenvalue weighted by Gasteiger charge is 2.08. The summed E-state index contributed by atoms with van der Waals surface area (Å²) in [6, 6.07) is 5.33. The number of nitrogen functional groups attached to an aromatic ring is 1. The molecule has 1 heterocycles. The fourth-order valence-electron chi connectivity index (χ4n) is 1.42. The summed E-state index contributed by atoms with van der Waals surface area (Å²) in [6.07, 6.45) is 0.834.